The molecule has 0 atom stereocenters. The summed E-state index contributed by atoms with van der Waals surface area (Å²) in [4.78, 5) is 0. The van der Waals surface area contributed by atoms with Crippen molar-refractivity contribution in [2.24, 2.45) is 0 Å². The molecule has 100 valence electrons. The monoisotopic (exact) mass is 246 g/mol. The van der Waals surface area contributed by atoms with E-state index in [0.29, 0.717) is 0 Å². The molecule has 1 aromatic rings. The molecule has 0 aliphatic rings. The first kappa shape index (κ1) is 15.0. The maximum Gasteiger partial charge on any atom is 0.0971 e. The molecule has 1 aromatic carbocycles. The van der Waals surface area contributed by atoms with Gasteiger partial charge in [-0.3, -0.25) is 0 Å². The van der Waals surface area contributed by atoms with Gasteiger partial charge in [-0.25, -0.2) is 0 Å². The minimum Gasteiger partial charge on any atom is -0.320 e. The average molecular weight is 246 g/mol. The molecule has 0 amide bonds. The Morgan fingerprint density at radius 3 is 2.11 bits per heavy atom. The largest absolute Gasteiger partial charge is 0.320 e. The Hall–Kier alpha value is -1.08. The zero-order chi connectivity index (χ0) is 13.3. The SMILES string of the molecule is C=CC[N+](CCC)(CCC)CCc1ccccc1. The molecule has 1 heteroatoms. The van der Waals surface area contributed by atoms with Crippen LogP contribution < -0.4 is 0 Å². The number of quaternary nitrogens is 1. The van der Waals surface area contributed by atoms with Crippen LogP contribution in [0.15, 0.2) is 43.0 Å². The highest BCUT2D eigenvalue weighted by atomic mass is 15.3. The van der Waals surface area contributed by atoms with Gasteiger partial charge in [-0.2, -0.15) is 0 Å². The normalized spacial score (nSPS) is 11.4. The molecule has 0 aliphatic heterocycles. The Balaban J connectivity index is 2.67. The van der Waals surface area contributed by atoms with Gasteiger partial charge in [-0.15, -0.1) is 0 Å². The van der Waals surface area contributed by atoms with Crippen molar-refractivity contribution in [2.75, 3.05) is 26.2 Å². The van der Waals surface area contributed by atoms with Crippen LogP contribution in [0.2, 0.25) is 0 Å². The fourth-order valence-electron chi connectivity index (χ4n) is 2.84. The number of nitrogens with zero attached hydrogens (tertiary/aromatic N) is 1. The first-order valence-corrected chi connectivity index (χ1v) is 7.26. The summed E-state index contributed by atoms with van der Waals surface area (Å²) >= 11 is 0. The van der Waals surface area contributed by atoms with Gasteiger partial charge < -0.3 is 4.48 Å². The third-order valence-corrected chi connectivity index (χ3v) is 3.63. The van der Waals surface area contributed by atoms with Gasteiger partial charge in [0.1, 0.15) is 0 Å². The Bertz CT molecular complexity index is 323. The lowest BCUT2D eigenvalue weighted by atomic mass is 10.1. The van der Waals surface area contributed by atoms with Crippen molar-refractivity contribution in [3.05, 3.63) is 48.6 Å². The van der Waals surface area contributed by atoms with Gasteiger partial charge in [-0.05, 0) is 24.5 Å². The lowest BCUT2D eigenvalue weighted by Crippen LogP contribution is -2.50. The maximum absolute atomic E-state index is 3.95. The highest BCUT2D eigenvalue weighted by molar-refractivity contribution is 5.14. The van der Waals surface area contributed by atoms with E-state index >= 15 is 0 Å². The molecule has 0 fully saturated rings. The van der Waals surface area contributed by atoms with Crippen LogP contribution in [0.3, 0.4) is 0 Å². The zero-order valence-corrected chi connectivity index (χ0v) is 12.1. The predicted molar refractivity (Wildman–Crippen MR) is 80.7 cm³/mol. The standard InChI is InChI=1S/C17H28N/c1-4-13-18(14-5-2,15-6-3)16-12-17-10-8-7-9-11-17/h4,7-11H,1,5-6,12-16H2,2-3H3/q+1. The fraction of sp³-hybridized carbons (Fsp3) is 0.529. The Labute approximate surface area is 113 Å². The molecule has 0 aromatic heterocycles. The van der Waals surface area contributed by atoms with Gasteiger partial charge in [0, 0.05) is 6.42 Å². The lowest BCUT2D eigenvalue weighted by Gasteiger charge is -2.38. The molecule has 0 spiro atoms. The van der Waals surface area contributed by atoms with Crippen LogP contribution in [0.1, 0.15) is 32.3 Å². The molecule has 0 N–H and O–H groups in total. The fourth-order valence-corrected chi connectivity index (χ4v) is 2.84. The minimum absolute atomic E-state index is 1.11. The van der Waals surface area contributed by atoms with Gasteiger partial charge in [-0.1, -0.05) is 50.8 Å². The van der Waals surface area contributed by atoms with E-state index in [1.807, 2.05) is 0 Å². The zero-order valence-electron chi connectivity index (χ0n) is 12.1. The third kappa shape index (κ3) is 4.66. The van der Waals surface area contributed by atoms with Crippen molar-refractivity contribution in [1.82, 2.24) is 0 Å². The summed E-state index contributed by atoms with van der Waals surface area (Å²) in [6, 6.07) is 10.8. The van der Waals surface area contributed by atoms with Gasteiger partial charge in [0.2, 0.25) is 0 Å². The van der Waals surface area contributed by atoms with E-state index in [9.17, 15) is 0 Å². The summed E-state index contributed by atoms with van der Waals surface area (Å²) in [6.07, 6.45) is 5.77. The molecular weight excluding hydrogens is 218 g/mol. The highest BCUT2D eigenvalue weighted by Gasteiger charge is 2.23. The number of benzene rings is 1. The molecule has 0 saturated carbocycles. The lowest BCUT2D eigenvalue weighted by molar-refractivity contribution is -0.922. The van der Waals surface area contributed by atoms with Crippen LogP contribution in [-0.2, 0) is 6.42 Å². The number of hydrogen-bond donors (Lipinski definition) is 0. The summed E-state index contributed by atoms with van der Waals surface area (Å²) in [7, 11) is 0. The van der Waals surface area contributed by atoms with Gasteiger partial charge in [0.25, 0.3) is 0 Å². The Morgan fingerprint density at radius 1 is 1.00 bits per heavy atom. The molecule has 0 saturated heterocycles. The molecular formula is C17H28N+. The second-order valence-electron chi connectivity index (χ2n) is 5.22. The first-order chi connectivity index (χ1) is 8.76. The van der Waals surface area contributed by atoms with Crippen LogP contribution in [0.25, 0.3) is 0 Å². The summed E-state index contributed by atoms with van der Waals surface area (Å²) in [6.45, 7) is 13.4. The van der Waals surface area contributed by atoms with Crippen LogP contribution in [-0.4, -0.2) is 30.7 Å². The average Bonchev–Trinajstić information content (AvgIpc) is 2.39. The topological polar surface area (TPSA) is 0 Å². The minimum atomic E-state index is 1.11. The summed E-state index contributed by atoms with van der Waals surface area (Å²) < 4.78 is 1.20. The van der Waals surface area contributed by atoms with E-state index in [1.165, 1.54) is 48.9 Å². The van der Waals surface area contributed by atoms with Crippen molar-refractivity contribution in [2.45, 2.75) is 33.1 Å². The Morgan fingerprint density at radius 2 is 1.61 bits per heavy atom. The highest BCUT2D eigenvalue weighted by Crippen LogP contribution is 2.13. The quantitative estimate of drug-likeness (QED) is 0.455. The maximum atomic E-state index is 3.95. The third-order valence-electron chi connectivity index (χ3n) is 3.63. The number of hydrogen-bond acceptors (Lipinski definition) is 0. The van der Waals surface area contributed by atoms with Gasteiger partial charge >= 0.3 is 0 Å². The van der Waals surface area contributed by atoms with E-state index in [2.05, 4.69) is 56.8 Å². The second kappa shape index (κ2) is 8.10. The van der Waals surface area contributed by atoms with E-state index in [1.54, 1.807) is 0 Å². The summed E-state index contributed by atoms with van der Waals surface area (Å²) in [5, 5.41) is 0. The van der Waals surface area contributed by atoms with Crippen molar-refractivity contribution >= 4 is 0 Å². The van der Waals surface area contributed by atoms with Crippen molar-refractivity contribution in [3.8, 4) is 0 Å². The predicted octanol–water partition coefficient (Wildman–Crippen LogP) is 4.05. The van der Waals surface area contributed by atoms with Gasteiger partial charge in [0.15, 0.2) is 0 Å². The molecule has 0 heterocycles. The molecule has 18 heavy (non-hydrogen) atoms. The second-order valence-corrected chi connectivity index (χ2v) is 5.22. The van der Waals surface area contributed by atoms with Crippen molar-refractivity contribution < 1.29 is 4.48 Å². The van der Waals surface area contributed by atoms with Crippen LogP contribution in [0.4, 0.5) is 0 Å². The van der Waals surface area contributed by atoms with E-state index in [0.717, 1.165) is 6.54 Å². The van der Waals surface area contributed by atoms with E-state index in [-0.39, 0.29) is 0 Å². The summed E-state index contributed by atoms with van der Waals surface area (Å²) in [5.74, 6) is 0. The molecule has 0 aliphatic carbocycles. The smallest absolute Gasteiger partial charge is 0.0971 e. The van der Waals surface area contributed by atoms with Crippen LogP contribution >= 0.6 is 0 Å². The van der Waals surface area contributed by atoms with E-state index in [4.69, 9.17) is 0 Å². The number of rotatable bonds is 9. The van der Waals surface area contributed by atoms with Crippen LogP contribution in [0.5, 0.6) is 0 Å². The first-order valence-electron chi connectivity index (χ1n) is 7.26. The molecule has 0 unspecified atom stereocenters. The van der Waals surface area contributed by atoms with Crippen molar-refractivity contribution in [1.29, 1.82) is 0 Å². The molecule has 0 bridgehead atoms. The van der Waals surface area contributed by atoms with Crippen molar-refractivity contribution in [3.63, 3.8) is 0 Å². The molecule has 1 nitrogen and oxygen atoms in total. The summed E-state index contributed by atoms with van der Waals surface area (Å²) in [5.41, 5.74) is 1.45. The van der Waals surface area contributed by atoms with E-state index < -0.39 is 0 Å². The molecule has 0 radical (unpaired) electrons. The molecule has 1 rings (SSSR count). The Kier molecular flexibility index (Phi) is 6.74. The van der Waals surface area contributed by atoms with Gasteiger partial charge in [0.05, 0.1) is 26.2 Å². The van der Waals surface area contributed by atoms with Crippen LogP contribution in [0, 0.1) is 0 Å².